The molecule has 0 aliphatic heterocycles. The second kappa shape index (κ2) is 10.3. The molecule has 0 radical (unpaired) electrons. The van der Waals surface area contributed by atoms with Crippen LogP contribution in [0.4, 0.5) is 0 Å². The lowest BCUT2D eigenvalue weighted by Gasteiger charge is -2.21. The van der Waals surface area contributed by atoms with Gasteiger partial charge in [-0.2, -0.15) is 0 Å². The fourth-order valence-electron chi connectivity index (χ4n) is 0.883. The summed E-state index contributed by atoms with van der Waals surface area (Å²) in [5, 5.41) is 48.4. The van der Waals surface area contributed by atoms with E-state index in [2.05, 4.69) is 14.5 Å². The van der Waals surface area contributed by atoms with Crippen molar-refractivity contribution >= 4 is 0 Å². The Morgan fingerprint density at radius 2 is 1.32 bits per heavy atom. The van der Waals surface area contributed by atoms with E-state index in [4.69, 9.17) is 36.0 Å². The Labute approximate surface area is 107 Å². The summed E-state index contributed by atoms with van der Waals surface area (Å²) < 4.78 is 5.08. The zero-order valence-electron chi connectivity index (χ0n) is 9.93. The van der Waals surface area contributed by atoms with Crippen molar-refractivity contribution in [3.63, 3.8) is 0 Å². The molecule has 13 heteroatoms. The van der Waals surface area contributed by atoms with Gasteiger partial charge >= 0.3 is 0 Å². The maximum atomic E-state index is 8.45. The maximum Gasteiger partial charge on any atom is 0.133 e. The number of nitrogens with zero attached hydrogens (tertiary/aromatic N) is 3. The Bertz CT molecular complexity index is 217. The molecule has 2 unspecified atom stereocenters. The lowest BCUT2D eigenvalue weighted by molar-refractivity contribution is -0.528. The molecule has 0 rings (SSSR count). The molecule has 0 fully saturated rings. The van der Waals surface area contributed by atoms with Crippen LogP contribution in [0.5, 0.6) is 0 Å². The molecular formula is C6H17N3O10. The van der Waals surface area contributed by atoms with Gasteiger partial charge in [-0.05, 0) is 6.92 Å². The minimum absolute atomic E-state index is 0.214. The third kappa shape index (κ3) is 12.3. The van der Waals surface area contributed by atoms with Gasteiger partial charge in [0.05, 0.1) is 35.5 Å². The van der Waals surface area contributed by atoms with E-state index in [1.807, 2.05) is 0 Å². The van der Waals surface area contributed by atoms with E-state index in [1.165, 1.54) is 6.92 Å². The number of ether oxygens (including phenoxy) is 1. The van der Waals surface area contributed by atoms with E-state index >= 15 is 0 Å². The second-order valence-electron chi connectivity index (χ2n) is 3.22. The first-order valence-corrected chi connectivity index (χ1v) is 4.89. The van der Waals surface area contributed by atoms with Gasteiger partial charge in [0.25, 0.3) is 0 Å². The summed E-state index contributed by atoms with van der Waals surface area (Å²) in [7, 11) is 0. The molecule has 0 saturated carbocycles. The molecule has 0 bridgehead atoms. The number of rotatable bonds is 11. The molecular weight excluding hydrogens is 274 g/mol. The van der Waals surface area contributed by atoms with Crippen LogP contribution in [0.1, 0.15) is 6.92 Å². The molecule has 0 aliphatic carbocycles. The van der Waals surface area contributed by atoms with Gasteiger partial charge in [0, 0.05) is 0 Å². The van der Waals surface area contributed by atoms with Crippen molar-refractivity contribution in [3.05, 3.63) is 0 Å². The average molecular weight is 291 g/mol. The minimum Gasteiger partial charge on any atom is -0.373 e. The third-order valence-corrected chi connectivity index (χ3v) is 1.61. The zero-order valence-corrected chi connectivity index (χ0v) is 9.93. The van der Waals surface area contributed by atoms with Crippen molar-refractivity contribution in [1.82, 2.24) is 16.2 Å². The summed E-state index contributed by atoms with van der Waals surface area (Å²) in [4.78, 5) is 12.8. The first-order valence-electron chi connectivity index (χ1n) is 4.89. The predicted octanol–water partition coefficient (Wildman–Crippen LogP) is -1.20. The molecule has 0 aromatic carbocycles. The summed E-state index contributed by atoms with van der Waals surface area (Å²) in [6, 6.07) is 0. The van der Waals surface area contributed by atoms with Gasteiger partial charge in [-0.15, -0.1) is 0 Å². The Morgan fingerprint density at radius 1 is 0.789 bits per heavy atom. The first kappa shape index (κ1) is 18.5. The molecule has 0 amide bonds. The quantitative estimate of drug-likeness (QED) is 0.251. The highest BCUT2D eigenvalue weighted by Gasteiger charge is 2.17. The molecule has 6 N–H and O–H groups in total. The Kier molecular flexibility index (Phi) is 10.0. The highest BCUT2D eigenvalue weighted by atomic mass is 17.1. The van der Waals surface area contributed by atoms with Gasteiger partial charge in [0.1, 0.15) is 12.7 Å². The van der Waals surface area contributed by atoms with Crippen molar-refractivity contribution in [2.24, 2.45) is 0 Å². The average Bonchev–Trinajstić information content (AvgIpc) is 2.29. The summed E-state index contributed by atoms with van der Waals surface area (Å²) >= 11 is 0. The van der Waals surface area contributed by atoms with Crippen LogP contribution < -0.4 is 0 Å². The van der Waals surface area contributed by atoms with Crippen LogP contribution >= 0.6 is 0 Å². The van der Waals surface area contributed by atoms with Crippen LogP contribution in [0, 0.1) is 0 Å². The van der Waals surface area contributed by atoms with E-state index in [1.54, 1.807) is 0 Å². The largest absolute Gasteiger partial charge is 0.373 e. The molecule has 0 aliphatic rings. The first-order chi connectivity index (χ1) is 8.81. The lowest BCUT2D eigenvalue weighted by Crippen LogP contribution is -2.36. The van der Waals surface area contributed by atoms with Crippen molar-refractivity contribution in [3.8, 4) is 0 Å². The highest BCUT2D eigenvalue weighted by Crippen LogP contribution is 2.01. The molecule has 0 spiro atoms. The number of hydrogen-bond acceptors (Lipinski definition) is 13. The minimum atomic E-state index is -1.10. The van der Waals surface area contributed by atoms with Gasteiger partial charge in [0.15, 0.2) is 0 Å². The highest BCUT2D eigenvalue weighted by molar-refractivity contribution is 4.55. The molecule has 13 nitrogen and oxygen atoms in total. The van der Waals surface area contributed by atoms with Crippen molar-refractivity contribution in [1.29, 1.82) is 0 Å². The van der Waals surface area contributed by atoms with Crippen molar-refractivity contribution in [2.75, 3.05) is 19.8 Å². The van der Waals surface area contributed by atoms with E-state index in [-0.39, 0.29) is 13.2 Å². The molecule has 2 atom stereocenters. The van der Waals surface area contributed by atoms with E-state index < -0.39 is 35.0 Å². The fourth-order valence-corrected chi connectivity index (χ4v) is 0.883. The molecule has 0 aromatic rings. The topological polar surface area (TPSA) is 168 Å². The standard InChI is InChI=1S/C6H17N3O10/c1-5(2-17-7(10)11)16-3-6(19-9(14)15)4-18-8(12)13/h5-6,10-15H,2-4H2,1H3. The third-order valence-electron chi connectivity index (χ3n) is 1.61. The van der Waals surface area contributed by atoms with Crippen LogP contribution in [-0.2, 0) is 19.2 Å². The normalized spacial score (nSPS) is 15.5. The van der Waals surface area contributed by atoms with Crippen molar-refractivity contribution < 1.29 is 50.5 Å². The molecule has 116 valence electrons. The van der Waals surface area contributed by atoms with Crippen LogP contribution in [0.25, 0.3) is 0 Å². The Balaban J connectivity index is 3.95. The van der Waals surface area contributed by atoms with E-state index in [0.717, 1.165) is 0 Å². The Hall–Kier alpha value is -0.520. The lowest BCUT2D eigenvalue weighted by atomic mass is 10.4. The summed E-state index contributed by atoms with van der Waals surface area (Å²) in [6.45, 7) is 0.563. The van der Waals surface area contributed by atoms with E-state index in [9.17, 15) is 0 Å². The van der Waals surface area contributed by atoms with Crippen LogP contribution in [0.3, 0.4) is 0 Å². The zero-order chi connectivity index (χ0) is 14.8. The fraction of sp³-hybridized carbons (Fsp3) is 1.00. The number of hydrogen-bond donors (Lipinski definition) is 6. The van der Waals surface area contributed by atoms with Gasteiger partial charge in [-0.3, -0.25) is 31.2 Å². The van der Waals surface area contributed by atoms with Gasteiger partial charge in [0.2, 0.25) is 0 Å². The maximum absolute atomic E-state index is 8.45. The second-order valence-corrected chi connectivity index (χ2v) is 3.22. The summed E-state index contributed by atoms with van der Waals surface area (Å²) in [5.41, 5.74) is 0. The monoisotopic (exact) mass is 291 g/mol. The smallest absolute Gasteiger partial charge is 0.133 e. The van der Waals surface area contributed by atoms with Crippen LogP contribution in [0.2, 0.25) is 0 Å². The molecule has 0 saturated heterocycles. The van der Waals surface area contributed by atoms with Crippen LogP contribution in [-0.4, -0.2) is 79.4 Å². The molecule has 19 heavy (non-hydrogen) atoms. The van der Waals surface area contributed by atoms with Gasteiger partial charge < -0.3 is 4.74 Å². The van der Waals surface area contributed by atoms with Crippen molar-refractivity contribution in [2.45, 2.75) is 19.1 Å². The predicted molar refractivity (Wildman–Crippen MR) is 48.4 cm³/mol. The summed E-state index contributed by atoms with van der Waals surface area (Å²) in [5.74, 6) is 0. The molecule has 0 heterocycles. The van der Waals surface area contributed by atoms with E-state index in [0.29, 0.717) is 0 Å². The summed E-state index contributed by atoms with van der Waals surface area (Å²) in [6.07, 6.45) is -1.71. The van der Waals surface area contributed by atoms with Gasteiger partial charge in [-0.1, -0.05) is 0 Å². The molecule has 0 aromatic heterocycles. The van der Waals surface area contributed by atoms with Crippen LogP contribution in [0.15, 0.2) is 0 Å². The SMILES string of the molecule is CC(CON(O)O)OCC(CON(O)O)ON(O)O. The Morgan fingerprint density at radius 3 is 1.79 bits per heavy atom. The van der Waals surface area contributed by atoms with Gasteiger partial charge in [-0.25, -0.2) is 14.5 Å².